The molecule has 1 aromatic heterocycles. The zero-order chi connectivity index (χ0) is 10.3. The number of rotatable bonds is 0. The number of nitrogens with zero attached hydrogens (tertiary/aromatic N) is 1. The molecule has 1 aliphatic rings. The van der Waals surface area contributed by atoms with E-state index in [1.165, 1.54) is 6.33 Å². The van der Waals surface area contributed by atoms with Crippen LogP contribution < -0.4 is 15.0 Å². The van der Waals surface area contributed by atoms with Crippen LogP contribution in [0.25, 0.3) is 10.9 Å². The topological polar surface area (TPSA) is 64.2 Å². The lowest BCUT2D eigenvalue weighted by Crippen LogP contribution is -2.16. The lowest BCUT2D eigenvalue weighted by molar-refractivity contribution is 0.172. The third-order valence-electron chi connectivity index (χ3n) is 2.30. The highest BCUT2D eigenvalue weighted by Crippen LogP contribution is 2.32. The van der Waals surface area contributed by atoms with Crippen molar-refractivity contribution in [3.05, 3.63) is 28.8 Å². The predicted molar refractivity (Wildman–Crippen MR) is 53.4 cm³/mol. The number of hydrogen-bond donors (Lipinski definition) is 1. The zero-order valence-corrected chi connectivity index (χ0v) is 7.82. The molecule has 1 aromatic carbocycles. The Labute approximate surface area is 84.7 Å². The largest absolute Gasteiger partial charge is 0.486 e. The van der Waals surface area contributed by atoms with Gasteiger partial charge in [0.05, 0.1) is 17.2 Å². The van der Waals surface area contributed by atoms with E-state index in [4.69, 9.17) is 9.47 Å². The van der Waals surface area contributed by atoms with Crippen molar-refractivity contribution in [2.75, 3.05) is 13.2 Å². The van der Waals surface area contributed by atoms with Crippen LogP contribution in [0, 0.1) is 0 Å². The van der Waals surface area contributed by atoms with Gasteiger partial charge in [-0.15, -0.1) is 0 Å². The van der Waals surface area contributed by atoms with Gasteiger partial charge >= 0.3 is 0 Å². The highest BCUT2D eigenvalue weighted by Gasteiger charge is 2.13. The summed E-state index contributed by atoms with van der Waals surface area (Å²) in [4.78, 5) is 18.0. The van der Waals surface area contributed by atoms with Crippen molar-refractivity contribution >= 4 is 10.9 Å². The van der Waals surface area contributed by atoms with Crippen LogP contribution in [-0.4, -0.2) is 23.2 Å². The van der Waals surface area contributed by atoms with E-state index in [0.717, 1.165) is 0 Å². The highest BCUT2D eigenvalue weighted by molar-refractivity contribution is 5.81. The maximum Gasteiger partial charge on any atom is 0.258 e. The Balaban J connectivity index is 2.36. The average Bonchev–Trinajstić information content (AvgIpc) is 2.27. The molecule has 0 unspecified atom stereocenters. The van der Waals surface area contributed by atoms with Gasteiger partial charge in [0.1, 0.15) is 13.2 Å². The Bertz CT molecular complexity index is 576. The minimum Gasteiger partial charge on any atom is -0.486 e. The quantitative estimate of drug-likeness (QED) is 0.685. The Morgan fingerprint density at radius 3 is 2.73 bits per heavy atom. The highest BCUT2D eigenvalue weighted by atomic mass is 16.6. The molecule has 0 atom stereocenters. The fourth-order valence-corrected chi connectivity index (χ4v) is 1.60. The Morgan fingerprint density at radius 2 is 1.93 bits per heavy atom. The summed E-state index contributed by atoms with van der Waals surface area (Å²) in [6.45, 7) is 1.04. The second kappa shape index (κ2) is 2.98. The Kier molecular flexibility index (Phi) is 1.65. The van der Waals surface area contributed by atoms with E-state index in [1.54, 1.807) is 12.1 Å². The van der Waals surface area contributed by atoms with Crippen LogP contribution in [0.5, 0.6) is 11.5 Å². The van der Waals surface area contributed by atoms with Crippen molar-refractivity contribution in [2.24, 2.45) is 0 Å². The SMILES string of the molecule is O=c1[nH]cnc2cc3c(cc12)OCCO3. The number of benzene rings is 1. The van der Waals surface area contributed by atoms with E-state index in [2.05, 4.69) is 9.97 Å². The number of nitrogens with one attached hydrogen (secondary N) is 1. The Hall–Kier alpha value is -2.04. The van der Waals surface area contributed by atoms with Crippen molar-refractivity contribution in [2.45, 2.75) is 0 Å². The minimum absolute atomic E-state index is 0.169. The summed E-state index contributed by atoms with van der Waals surface area (Å²) in [5.74, 6) is 1.25. The molecule has 0 aliphatic carbocycles. The summed E-state index contributed by atoms with van der Waals surface area (Å²) in [5, 5.41) is 0.516. The van der Waals surface area contributed by atoms with E-state index >= 15 is 0 Å². The van der Waals surface area contributed by atoms with E-state index in [0.29, 0.717) is 35.6 Å². The van der Waals surface area contributed by atoms with Crippen LogP contribution in [0.2, 0.25) is 0 Å². The maximum atomic E-state index is 11.5. The molecule has 2 aromatic rings. The van der Waals surface area contributed by atoms with Gasteiger partial charge in [0.15, 0.2) is 11.5 Å². The number of aromatic nitrogens is 2. The molecule has 15 heavy (non-hydrogen) atoms. The molecule has 0 radical (unpaired) electrons. The maximum absolute atomic E-state index is 11.5. The van der Waals surface area contributed by atoms with Gasteiger partial charge in [-0.2, -0.15) is 0 Å². The molecule has 2 heterocycles. The summed E-state index contributed by atoms with van der Waals surface area (Å²) in [6, 6.07) is 3.38. The summed E-state index contributed by atoms with van der Waals surface area (Å²) < 4.78 is 10.8. The van der Waals surface area contributed by atoms with Crippen LogP contribution in [0.3, 0.4) is 0 Å². The van der Waals surface area contributed by atoms with E-state index in [-0.39, 0.29) is 5.56 Å². The summed E-state index contributed by atoms with van der Waals surface area (Å²) in [5.41, 5.74) is 0.444. The minimum atomic E-state index is -0.169. The van der Waals surface area contributed by atoms with Gasteiger partial charge in [0.25, 0.3) is 5.56 Å². The van der Waals surface area contributed by atoms with Crippen molar-refractivity contribution in [1.29, 1.82) is 0 Å². The fourth-order valence-electron chi connectivity index (χ4n) is 1.60. The average molecular weight is 204 g/mol. The molecule has 0 amide bonds. The van der Waals surface area contributed by atoms with Crippen LogP contribution in [0.1, 0.15) is 0 Å². The zero-order valence-electron chi connectivity index (χ0n) is 7.82. The molecule has 1 N–H and O–H groups in total. The molecule has 5 heteroatoms. The number of fused-ring (bicyclic) bond motifs is 2. The summed E-state index contributed by atoms with van der Waals surface area (Å²) >= 11 is 0. The molecular weight excluding hydrogens is 196 g/mol. The third kappa shape index (κ3) is 1.24. The monoisotopic (exact) mass is 204 g/mol. The molecule has 0 fully saturated rings. The van der Waals surface area contributed by atoms with Gasteiger partial charge in [-0.25, -0.2) is 4.98 Å². The first kappa shape index (κ1) is 8.28. The lowest BCUT2D eigenvalue weighted by Gasteiger charge is -2.18. The molecule has 5 nitrogen and oxygen atoms in total. The fraction of sp³-hybridized carbons (Fsp3) is 0.200. The van der Waals surface area contributed by atoms with Crippen LogP contribution in [0.15, 0.2) is 23.3 Å². The smallest absolute Gasteiger partial charge is 0.258 e. The van der Waals surface area contributed by atoms with Crippen molar-refractivity contribution in [1.82, 2.24) is 9.97 Å². The Morgan fingerprint density at radius 1 is 1.20 bits per heavy atom. The van der Waals surface area contributed by atoms with Gasteiger partial charge in [0.2, 0.25) is 0 Å². The molecule has 0 saturated heterocycles. The third-order valence-corrected chi connectivity index (χ3v) is 2.30. The number of hydrogen-bond acceptors (Lipinski definition) is 4. The second-order valence-corrected chi connectivity index (χ2v) is 3.24. The number of H-pyrrole nitrogens is 1. The van der Waals surface area contributed by atoms with E-state index < -0.39 is 0 Å². The molecule has 3 rings (SSSR count). The lowest BCUT2D eigenvalue weighted by atomic mass is 10.2. The van der Waals surface area contributed by atoms with Crippen LogP contribution in [0.4, 0.5) is 0 Å². The van der Waals surface area contributed by atoms with Gasteiger partial charge in [-0.1, -0.05) is 0 Å². The summed E-state index contributed by atoms with van der Waals surface area (Å²) in [6.07, 6.45) is 1.38. The van der Waals surface area contributed by atoms with Crippen LogP contribution >= 0.6 is 0 Å². The van der Waals surface area contributed by atoms with E-state index in [1.807, 2.05) is 0 Å². The number of ether oxygens (including phenoxy) is 2. The van der Waals surface area contributed by atoms with Crippen LogP contribution in [-0.2, 0) is 0 Å². The van der Waals surface area contributed by atoms with Gasteiger partial charge in [-0.05, 0) is 6.07 Å². The van der Waals surface area contributed by atoms with Gasteiger partial charge in [0, 0.05) is 6.07 Å². The molecule has 1 aliphatic heterocycles. The second-order valence-electron chi connectivity index (χ2n) is 3.24. The molecular formula is C10H8N2O3. The molecule has 0 spiro atoms. The molecule has 76 valence electrons. The molecule has 0 bridgehead atoms. The predicted octanol–water partition coefficient (Wildman–Crippen LogP) is 0.694. The van der Waals surface area contributed by atoms with Gasteiger partial charge < -0.3 is 14.5 Å². The first-order valence-electron chi connectivity index (χ1n) is 4.61. The normalized spacial score (nSPS) is 14.1. The molecule has 0 saturated carbocycles. The van der Waals surface area contributed by atoms with Crippen molar-refractivity contribution < 1.29 is 9.47 Å². The van der Waals surface area contributed by atoms with Crippen molar-refractivity contribution in [3.8, 4) is 11.5 Å². The van der Waals surface area contributed by atoms with E-state index in [9.17, 15) is 4.79 Å². The first-order valence-corrected chi connectivity index (χ1v) is 4.61. The van der Waals surface area contributed by atoms with Crippen molar-refractivity contribution in [3.63, 3.8) is 0 Å². The standard InChI is InChI=1S/C10H8N2O3/c13-10-6-3-8-9(15-2-1-14-8)4-7(6)11-5-12-10/h3-5H,1-2H2,(H,11,12,13). The van der Waals surface area contributed by atoms with Gasteiger partial charge in [-0.3, -0.25) is 4.79 Å². The summed E-state index contributed by atoms with van der Waals surface area (Å²) in [7, 11) is 0. The first-order chi connectivity index (χ1) is 7.34. The number of aromatic amines is 1.